The van der Waals surface area contributed by atoms with Crippen molar-refractivity contribution in [2.75, 3.05) is 39.8 Å². The zero-order chi connectivity index (χ0) is 28.2. The highest BCUT2D eigenvalue weighted by Gasteiger charge is 2.45. The molecule has 0 bridgehead atoms. The van der Waals surface area contributed by atoms with E-state index in [4.69, 9.17) is 9.47 Å². The molecule has 3 atom stereocenters. The van der Waals surface area contributed by atoms with Gasteiger partial charge in [0.05, 0.1) is 5.60 Å². The zero-order valence-corrected chi connectivity index (χ0v) is 23.6. The highest BCUT2D eigenvalue weighted by Crippen LogP contribution is 2.44. The van der Waals surface area contributed by atoms with Crippen LogP contribution in [0.5, 0.6) is 5.75 Å². The number of benzene rings is 4. The average Bonchev–Trinajstić information content (AvgIpc) is 3.00. The molecule has 1 aliphatic carbocycles. The summed E-state index contributed by atoms with van der Waals surface area (Å²) in [6.07, 6.45) is 0.664. The number of carbonyl (C=O) groups is 1. The van der Waals surface area contributed by atoms with Crippen molar-refractivity contribution in [2.24, 2.45) is 5.92 Å². The van der Waals surface area contributed by atoms with Crippen molar-refractivity contribution in [3.63, 3.8) is 0 Å². The van der Waals surface area contributed by atoms with Gasteiger partial charge in [-0.25, -0.2) is 4.79 Å². The molecule has 0 amide bonds. The number of carbonyl (C=O) groups excluding carboxylic acids is 1. The summed E-state index contributed by atoms with van der Waals surface area (Å²) >= 11 is 0. The molecule has 0 spiro atoms. The van der Waals surface area contributed by atoms with Crippen LogP contribution in [0, 0.1) is 5.92 Å². The maximum Gasteiger partial charge on any atom is 0.514 e. The van der Waals surface area contributed by atoms with Gasteiger partial charge < -0.3 is 24.4 Å². The SMILES string of the molecule is CN1CCN(CC2CC(OC(=O)Oc3ccc(-c4ccccc4)cc3)CCC2(O)c2ccc3ccccc3c2)CC1. The molecule has 6 nitrogen and oxygen atoms in total. The lowest BCUT2D eigenvalue weighted by atomic mass is 9.70. The van der Waals surface area contributed by atoms with Gasteiger partial charge in [-0.3, -0.25) is 0 Å². The molecule has 41 heavy (non-hydrogen) atoms. The Morgan fingerprint density at radius 1 is 0.854 bits per heavy atom. The van der Waals surface area contributed by atoms with Crippen molar-refractivity contribution in [1.82, 2.24) is 9.80 Å². The number of ether oxygens (including phenoxy) is 2. The molecule has 1 aliphatic heterocycles. The third kappa shape index (κ3) is 6.30. The van der Waals surface area contributed by atoms with E-state index in [0.717, 1.165) is 60.2 Å². The monoisotopic (exact) mass is 550 g/mol. The minimum atomic E-state index is -0.996. The molecule has 0 radical (unpaired) electrons. The number of aliphatic hydroxyl groups is 1. The fourth-order valence-electron chi connectivity index (χ4n) is 6.33. The Bertz CT molecular complexity index is 1470. The van der Waals surface area contributed by atoms with E-state index in [1.807, 2.05) is 54.6 Å². The van der Waals surface area contributed by atoms with E-state index in [9.17, 15) is 9.90 Å². The van der Waals surface area contributed by atoms with Gasteiger partial charge in [-0.05, 0) is 72.0 Å². The molecule has 6 heteroatoms. The molecule has 3 unspecified atom stereocenters. The molecule has 212 valence electrons. The second-order valence-corrected chi connectivity index (χ2v) is 11.5. The average molecular weight is 551 g/mol. The molecule has 1 saturated carbocycles. The quantitative estimate of drug-likeness (QED) is 0.224. The van der Waals surface area contributed by atoms with E-state index in [1.54, 1.807) is 12.1 Å². The molecule has 4 aromatic carbocycles. The van der Waals surface area contributed by atoms with Crippen molar-refractivity contribution >= 4 is 16.9 Å². The largest absolute Gasteiger partial charge is 0.514 e. The molecule has 0 aromatic heterocycles. The summed E-state index contributed by atoms with van der Waals surface area (Å²) in [5.41, 5.74) is 2.10. The first-order valence-corrected chi connectivity index (χ1v) is 14.6. The summed E-state index contributed by atoms with van der Waals surface area (Å²) in [6.45, 7) is 4.71. The molecule has 1 heterocycles. The van der Waals surface area contributed by atoms with Crippen LogP contribution in [0.15, 0.2) is 97.1 Å². The number of piperazine rings is 1. The zero-order valence-electron chi connectivity index (χ0n) is 23.6. The Kier molecular flexibility index (Phi) is 8.06. The van der Waals surface area contributed by atoms with Crippen molar-refractivity contribution in [3.05, 3.63) is 103 Å². The molecular weight excluding hydrogens is 512 g/mol. The van der Waals surface area contributed by atoms with Gasteiger partial charge >= 0.3 is 6.16 Å². The lowest BCUT2D eigenvalue weighted by Gasteiger charge is -2.46. The van der Waals surface area contributed by atoms with Gasteiger partial charge in [0.1, 0.15) is 11.9 Å². The summed E-state index contributed by atoms with van der Waals surface area (Å²) in [4.78, 5) is 17.6. The topological polar surface area (TPSA) is 62.2 Å². The second-order valence-electron chi connectivity index (χ2n) is 11.5. The minimum absolute atomic E-state index is 0.0798. The smallest absolute Gasteiger partial charge is 0.431 e. The molecule has 2 fully saturated rings. The Balaban J connectivity index is 1.15. The van der Waals surface area contributed by atoms with Crippen molar-refractivity contribution < 1.29 is 19.4 Å². The van der Waals surface area contributed by atoms with Crippen molar-refractivity contribution in [2.45, 2.75) is 31.0 Å². The van der Waals surface area contributed by atoms with Gasteiger partial charge in [0.15, 0.2) is 0 Å². The Hall–Kier alpha value is -3.71. The maximum atomic E-state index is 12.8. The fourth-order valence-corrected chi connectivity index (χ4v) is 6.33. The predicted octanol–water partition coefficient (Wildman–Crippen LogP) is 6.33. The normalized spacial score (nSPS) is 23.8. The molecule has 2 aliphatic rings. The first-order chi connectivity index (χ1) is 20.0. The van der Waals surface area contributed by atoms with Crippen LogP contribution in [-0.2, 0) is 10.3 Å². The fraction of sp³-hybridized carbons (Fsp3) is 0.343. The van der Waals surface area contributed by atoms with Crippen LogP contribution in [0.3, 0.4) is 0 Å². The van der Waals surface area contributed by atoms with Crippen LogP contribution in [0.1, 0.15) is 24.8 Å². The summed E-state index contributed by atoms with van der Waals surface area (Å²) < 4.78 is 11.4. The van der Waals surface area contributed by atoms with Crippen molar-refractivity contribution in [3.8, 4) is 16.9 Å². The molecule has 4 aromatic rings. The van der Waals surface area contributed by atoms with E-state index in [1.165, 1.54) is 0 Å². The summed E-state index contributed by atoms with van der Waals surface area (Å²) in [5, 5.41) is 14.5. The van der Waals surface area contributed by atoms with Gasteiger partial charge in [0.25, 0.3) is 0 Å². The summed E-state index contributed by atoms with van der Waals surface area (Å²) in [7, 11) is 2.15. The van der Waals surface area contributed by atoms with Crippen LogP contribution >= 0.6 is 0 Å². The summed E-state index contributed by atoms with van der Waals surface area (Å²) in [6, 6.07) is 32.1. The van der Waals surface area contributed by atoms with Crippen LogP contribution in [0.4, 0.5) is 4.79 Å². The Morgan fingerprint density at radius 3 is 2.29 bits per heavy atom. The number of nitrogens with zero attached hydrogens (tertiary/aromatic N) is 2. The van der Waals surface area contributed by atoms with E-state index in [-0.39, 0.29) is 12.0 Å². The molecular formula is C35H38N2O4. The van der Waals surface area contributed by atoms with Crippen LogP contribution < -0.4 is 4.74 Å². The van der Waals surface area contributed by atoms with Gasteiger partial charge in [-0.15, -0.1) is 0 Å². The standard InChI is InChI=1S/C35H38N2O4/c1-36-19-21-37(22-20-36)25-31-24-33(17-18-35(31,39)30-14-11-27-9-5-6-10-29(27)23-30)41-34(38)40-32-15-12-28(13-16-32)26-7-3-2-4-8-26/h2-16,23,31,33,39H,17-22,24-25H2,1H3. The third-order valence-electron chi connectivity index (χ3n) is 8.82. The second kappa shape index (κ2) is 12.0. The number of rotatable bonds is 6. The van der Waals surface area contributed by atoms with Gasteiger partial charge in [-0.2, -0.15) is 0 Å². The lowest BCUT2D eigenvalue weighted by Crippen LogP contribution is -2.52. The summed E-state index contributed by atoms with van der Waals surface area (Å²) in [5.74, 6) is 0.371. The van der Waals surface area contributed by atoms with Crippen LogP contribution in [-0.4, -0.2) is 66.9 Å². The first-order valence-electron chi connectivity index (χ1n) is 14.6. The number of hydrogen-bond acceptors (Lipinski definition) is 6. The number of hydrogen-bond donors (Lipinski definition) is 1. The van der Waals surface area contributed by atoms with E-state index in [2.05, 4.69) is 47.2 Å². The Labute approximate surface area is 242 Å². The lowest BCUT2D eigenvalue weighted by molar-refractivity contribution is -0.102. The molecule has 1 N–H and O–H groups in total. The molecule has 1 saturated heterocycles. The number of fused-ring (bicyclic) bond motifs is 1. The molecule has 6 rings (SSSR count). The van der Waals surface area contributed by atoms with Crippen molar-refractivity contribution in [1.29, 1.82) is 0 Å². The van der Waals surface area contributed by atoms with Gasteiger partial charge in [0, 0.05) is 38.6 Å². The third-order valence-corrected chi connectivity index (χ3v) is 8.82. The highest BCUT2D eigenvalue weighted by atomic mass is 16.7. The Morgan fingerprint density at radius 2 is 1.54 bits per heavy atom. The van der Waals surface area contributed by atoms with E-state index in [0.29, 0.717) is 25.0 Å². The highest BCUT2D eigenvalue weighted by molar-refractivity contribution is 5.83. The maximum absolute atomic E-state index is 12.8. The van der Waals surface area contributed by atoms with Gasteiger partial charge in [0.2, 0.25) is 0 Å². The first kappa shape index (κ1) is 27.5. The van der Waals surface area contributed by atoms with Crippen LogP contribution in [0.25, 0.3) is 21.9 Å². The minimum Gasteiger partial charge on any atom is -0.431 e. The predicted molar refractivity (Wildman–Crippen MR) is 162 cm³/mol. The van der Waals surface area contributed by atoms with E-state index >= 15 is 0 Å². The van der Waals surface area contributed by atoms with Gasteiger partial charge in [-0.1, -0.05) is 78.9 Å². The van der Waals surface area contributed by atoms with E-state index < -0.39 is 11.8 Å². The number of likely N-dealkylation sites (N-methyl/N-ethyl adjacent to an activating group) is 1. The van der Waals surface area contributed by atoms with Crippen LogP contribution in [0.2, 0.25) is 0 Å².